The average molecular weight is 268 g/mol. The monoisotopic (exact) mass is 268 g/mol. The quantitative estimate of drug-likeness (QED) is 0.886. The summed E-state index contributed by atoms with van der Waals surface area (Å²) in [7, 11) is 0. The molecule has 0 spiro atoms. The highest BCUT2D eigenvalue weighted by molar-refractivity contribution is 7.09. The highest BCUT2D eigenvalue weighted by Crippen LogP contribution is 2.19. The van der Waals surface area contributed by atoms with Crippen LogP contribution in [-0.4, -0.2) is 40.2 Å². The number of alkyl halides is 3. The van der Waals surface area contributed by atoms with E-state index in [0.717, 1.165) is 4.90 Å². The van der Waals surface area contributed by atoms with Crippen molar-refractivity contribution in [2.45, 2.75) is 19.6 Å². The van der Waals surface area contributed by atoms with E-state index in [9.17, 15) is 18.0 Å². The normalized spacial score (nSPS) is 12.1. The van der Waals surface area contributed by atoms with Crippen LogP contribution < -0.4 is 0 Å². The maximum atomic E-state index is 12.2. The maximum absolute atomic E-state index is 12.2. The van der Waals surface area contributed by atoms with Crippen LogP contribution in [0.4, 0.5) is 13.2 Å². The number of aliphatic carboxylic acids is 1. The Morgan fingerprint density at radius 3 is 2.65 bits per heavy atom. The van der Waals surface area contributed by atoms with Gasteiger partial charge in [-0.15, -0.1) is 11.3 Å². The van der Waals surface area contributed by atoms with Gasteiger partial charge in [-0.1, -0.05) is 0 Å². The molecule has 0 radical (unpaired) electrons. The number of aromatic nitrogens is 1. The molecule has 1 N–H and O–H groups in total. The Morgan fingerprint density at radius 2 is 2.24 bits per heavy atom. The van der Waals surface area contributed by atoms with Crippen molar-refractivity contribution >= 4 is 17.3 Å². The molecule has 4 nitrogen and oxygen atoms in total. The van der Waals surface area contributed by atoms with Gasteiger partial charge in [-0.25, -0.2) is 4.98 Å². The van der Waals surface area contributed by atoms with Crippen LogP contribution in [0.25, 0.3) is 0 Å². The minimum atomic E-state index is -4.41. The summed E-state index contributed by atoms with van der Waals surface area (Å²) in [5, 5.41) is 10.7. The lowest BCUT2D eigenvalue weighted by Crippen LogP contribution is -2.37. The second kappa shape index (κ2) is 5.46. The molecular weight excluding hydrogens is 257 g/mol. The molecule has 0 aromatic carbocycles. The topological polar surface area (TPSA) is 53.4 Å². The van der Waals surface area contributed by atoms with E-state index in [1.165, 1.54) is 11.3 Å². The van der Waals surface area contributed by atoms with Gasteiger partial charge < -0.3 is 5.11 Å². The first-order chi connectivity index (χ1) is 7.76. The summed E-state index contributed by atoms with van der Waals surface area (Å²) in [6.45, 7) is -0.286. The fourth-order valence-electron chi connectivity index (χ4n) is 1.28. The van der Waals surface area contributed by atoms with Crippen molar-refractivity contribution in [3.8, 4) is 0 Å². The Bertz CT molecular complexity index is 392. The second-order valence-corrected chi connectivity index (χ2v) is 4.48. The number of halogens is 3. The lowest BCUT2D eigenvalue weighted by atomic mass is 10.4. The van der Waals surface area contributed by atoms with Gasteiger partial charge in [0.1, 0.15) is 5.01 Å². The first-order valence-corrected chi connectivity index (χ1v) is 5.56. The Hall–Kier alpha value is -1.15. The minimum absolute atomic E-state index is 0.107. The van der Waals surface area contributed by atoms with Crippen LogP contribution in [0.1, 0.15) is 10.7 Å². The predicted molar refractivity (Wildman–Crippen MR) is 55.8 cm³/mol. The van der Waals surface area contributed by atoms with E-state index >= 15 is 0 Å². The van der Waals surface area contributed by atoms with Crippen molar-refractivity contribution in [1.82, 2.24) is 9.88 Å². The third-order valence-corrected chi connectivity index (χ3v) is 2.74. The third-order valence-electron chi connectivity index (χ3n) is 1.79. The number of hydrogen-bond donors (Lipinski definition) is 1. The molecule has 0 fully saturated rings. The Balaban J connectivity index is 2.66. The SMILES string of the molecule is Cc1csc(CN(CC(=O)O)CC(F)(F)F)n1. The van der Waals surface area contributed by atoms with Crippen molar-refractivity contribution in [1.29, 1.82) is 0 Å². The molecule has 1 rings (SSSR count). The molecule has 1 heterocycles. The maximum Gasteiger partial charge on any atom is 0.401 e. The van der Waals surface area contributed by atoms with Crippen molar-refractivity contribution in [3.63, 3.8) is 0 Å². The van der Waals surface area contributed by atoms with E-state index in [0.29, 0.717) is 10.7 Å². The first kappa shape index (κ1) is 13.9. The Labute approximate surface area is 99.7 Å². The number of carboxylic acids is 1. The van der Waals surface area contributed by atoms with Gasteiger partial charge in [0.25, 0.3) is 0 Å². The summed E-state index contributed by atoms with van der Waals surface area (Å²) in [5.74, 6) is -1.29. The van der Waals surface area contributed by atoms with E-state index in [-0.39, 0.29) is 6.54 Å². The molecule has 0 aliphatic heterocycles. The summed E-state index contributed by atoms with van der Waals surface area (Å²) in [6.07, 6.45) is -4.41. The van der Waals surface area contributed by atoms with Crippen LogP contribution >= 0.6 is 11.3 Å². The molecule has 0 aliphatic carbocycles. The predicted octanol–water partition coefficient (Wildman–Crippen LogP) is 1.90. The molecule has 1 aromatic rings. The zero-order valence-corrected chi connectivity index (χ0v) is 9.81. The van der Waals surface area contributed by atoms with E-state index in [2.05, 4.69) is 4.98 Å². The molecule has 1 aromatic heterocycles. The number of thiazole rings is 1. The molecular formula is C9H11F3N2O2S. The fraction of sp³-hybridized carbons (Fsp3) is 0.556. The van der Waals surface area contributed by atoms with Crippen molar-refractivity contribution in [3.05, 3.63) is 16.1 Å². The molecule has 0 bridgehead atoms. The van der Waals surface area contributed by atoms with Gasteiger partial charge in [-0.2, -0.15) is 13.2 Å². The molecule has 0 saturated heterocycles. The summed E-state index contributed by atoms with van der Waals surface area (Å²) < 4.78 is 36.6. The smallest absolute Gasteiger partial charge is 0.401 e. The molecule has 0 unspecified atom stereocenters. The van der Waals surface area contributed by atoms with E-state index in [1.807, 2.05) is 0 Å². The van der Waals surface area contributed by atoms with Gasteiger partial charge in [0.15, 0.2) is 0 Å². The minimum Gasteiger partial charge on any atom is -0.480 e. The van der Waals surface area contributed by atoms with Gasteiger partial charge >= 0.3 is 12.1 Å². The molecule has 0 atom stereocenters. The van der Waals surface area contributed by atoms with Crippen LogP contribution in [0.15, 0.2) is 5.38 Å². The van der Waals surface area contributed by atoms with Crippen LogP contribution in [0, 0.1) is 6.92 Å². The largest absolute Gasteiger partial charge is 0.480 e. The van der Waals surface area contributed by atoms with Crippen molar-refractivity contribution in [2.75, 3.05) is 13.1 Å². The molecule has 0 aliphatic rings. The number of hydrogen-bond acceptors (Lipinski definition) is 4. The molecule has 96 valence electrons. The highest BCUT2D eigenvalue weighted by atomic mass is 32.1. The lowest BCUT2D eigenvalue weighted by Gasteiger charge is -2.20. The lowest BCUT2D eigenvalue weighted by molar-refractivity contribution is -0.154. The summed E-state index contributed by atoms with van der Waals surface area (Å²) in [6, 6.07) is 0. The molecule has 0 saturated carbocycles. The Kier molecular flexibility index (Phi) is 4.47. The zero-order chi connectivity index (χ0) is 13.1. The highest BCUT2D eigenvalue weighted by Gasteiger charge is 2.31. The second-order valence-electron chi connectivity index (χ2n) is 3.54. The van der Waals surface area contributed by atoms with Gasteiger partial charge in [-0.05, 0) is 6.92 Å². The summed E-state index contributed by atoms with van der Waals surface area (Å²) in [5.41, 5.74) is 0.715. The van der Waals surface area contributed by atoms with Crippen molar-refractivity contribution in [2.24, 2.45) is 0 Å². The summed E-state index contributed by atoms with van der Waals surface area (Å²) >= 11 is 1.22. The Morgan fingerprint density at radius 1 is 1.59 bits per heavy atom. The van der Waals surface area contributed by atoms with Gasteiger partial charge in [0.05, 0.1) is 19.6 Å². The van der Waals surface area contributed by atoms with Gasteiger partial charge in [0, 0.05) is 11.1 Å². The number of carbonyl (C=O) groups is 1. The molecule has 8 heteroatoms. The number of carboxylic acid groups (broad SMARTS) is 1. The molecule has 0 amide bonds. The standard InChI is InChI=1S/C9H11F3N2O2S/c1-6-4-17-7(13-6)2-14(3-8(15)16)5-9(10,11)12/h4H,2-3,5H2,1H3,(H,15,16). The van der Waals surface area contributed by atoms with Crippen LogP contribution in [0.2, 0.25) is 0 Å². The number of rotatable bonds is 5. The van der Waals surface area contributed by atoms with E-state index in [4.69, 9.17) is 5.11 Å². The van der Waals surface area contributed by atoms with Gasteiger partial charge in [0.2, 0.25) is 0 Å². The van der Waals surface area contributed by atoms with Crippen LogP contribution in [0.5, 0.6) is 0 Å². The van der Waals surface area contributed by atoms with E-state index < -0.39 is 25.2 Å². The molecule has 17 heavy (non-hydrogen) atoms. The number of nitrogens with zero attached hydrogens (tertiary/aromatic N) is 2. The first-order valence-electron chi connectivity index (χ1n) is 4.68. The third kappa shape index (κ3) is 5.64. The van der Waals surface area contributed by atoms with E-state index in [1.54, 1.807) is 12.3 Å². The van der Waals surface area contributed by atoms with Crippen LogP contribution in [-0.2, 0) is 11.3 Å². The summed E-state index contributed by atoms with van der Waals surface area (Å²) in [4.78, 5) is 15.3. The fourth-order valence-corrected chi connectivity index (χ4v) is 2.09. The van der Waals surface area contributed by atoms with Crippen molar-refractivity contribution < 1.29 is 23.1 Å². The zero-order valence-electron chi connectivity index (χ0n) is 8.99. The average Bonchev–Trinajstić information content (AvgIpc) is 2.46. The number of aryl methyl sites for hydroxylation is 1. The van der Waals surface area contributed by atoms with Crippen LogP contribution in [0.3, 0.4) is 0 Å². The van der Waals surface area contributed by atoms with Gasteiger partial charge in [-0.3, -0.25) is 9.69 Å².